The second-order valence-corrected chi connectivity index (χ2v) is 5.51. The lowest BCUT2D eigenvalue weighted by atomic mass is 9.95. The molecule has 94 valence electrons. The zero-order valence-corrected chi connectivity index (χ0v) is 11.3. The number of benzene rings is 1. The molecule has 5 nitrogen and oxygen atoms in total. The molecule has 0 radical (unpaired) electrons. The second-order valence-electron chi connectivity index (χ2n) is 4.59. The molecule has 0 aliphatic carbocycles. The molecule has 17 heavy (non-hydrogen) atoms. The van der Waals surface area contributed by atoms with Crippen LogP contribution in [0.4, 0.5) is 11.4 Å². The minimum Gasteiger partial charge on any atom is -0.396 e. The minimum absolute atomic E-state index is 0.0182. The highest BCUT2D eigenvalue weighted by Crippen LogP contribution is 2.28. The molecule has 0 amide bonds. The summed E-state index contributed by atoms with van der Waals surface area (Å²) in [7, 11) is 0. The third-order valence-corrected chi connectivity index (χ3v) is 2.84. The molecule has 0 spiro atoms. The molecule has 1 rings (SSSR count). The summed E-state index contributed by atoms with van der Waals surface area (Å²) in [6.45, 7) is 4.24. The van der Waals surface area contributed by atoms with E-state index in [1.165, 1.54) is 6.07 Å². The van der Waals surface area contributed by atoms with Crippen LogP contribution in [0.1, 0.15) is 13.8 Å². The average Bonchev–Trinajstić information content (AvgIpc) is 2.27. The maximum Gasteiger partial charge on any atom is 0.293 e. The maximum atomic E-state index is 10.9. The predicted molar refractivity (Wildman–Crippen MR) is 70.2 cm³/mol. The van der Waals surface area contributed by atoms with Crippen molar-refractivity contribution in [3.05, 3.63) is 32.8 Å². The third kappa shape index (κ3) is 3.98. The maximum absolute atomic E-state index is 10.9. The van der Waals surface area contributed by atoms with Crippen LogP contribution in [-0.4, -0.2) is 23.2 Å². The van der Waals surface area contributed by atoms with Crippen LogP contribution in [0.25, 0.3) is 0 Å². The van der Waals surface area contributed by atoms with Gasteiger partial charge in [-0.05, 0) is 12.1 Å². The Labute approximate surface area is 108 Å². The number of hydrogen-bond acceptors (Lipinski definition) is 4. The Balaban J connectivity index is 2.88. The van der Waals surface area contributed by atoms with E-state index in [4.69, 9.17) is 5.11 Å². The van der Waals surface area contributed by atoms with Crippen molar-refractivity contribution in [3.8, 4) is 0 Å². The Morgan fingerprint density at radius 2 is 2.18 bits per heavy atom. The van der Waals surface area contributed by atoms with Gasteiger partial charge in [-0.15, -0.1) is 0 Å². The van der Waals surface area contributed by atoms with Crippen molar-refractivity contribution >= 4 is 27.3 Å². The van der Waals surface area contributed by atoms with Gasteiger partial charge in [0.1, 0.15) is 5.69 Å². The Morgan fingerprint density at radius 1 is 1.53 bits per heavy atom. The van der Waals surface area contributed by atoms with Crippen LogP contribution in [0.15, 0.2) is 22.7 Å². The van der Waals surface area contributed by atoms with Crippen molar-refractivity contribution in [2.24, 2.45) is 5.41 Å². The summed E-state index contributed by atoms with van der Waals surface area (Å²) in [5.74, 6) is 0. The lowest BCUT2D eigenvalue weighted by Gasteiger charge is -2.22. The van der Waals surface area contributed by atoms with E-state index >= 15 is 0 Å². The number of nitrogens with one attached hydrogen (secondary N) is 1. The van der Waals surface area contributed by atoms with E-state index in [1.807, 2.05) is 13.8 Å². The zero-order valence-electron chi connectivity index (χ0n) is 9.74. The third-order valence-electron chi connectivity index (χ3n) is 2.34. The number of aliphatic hydroxyl groups excluding tert-OH is 1. The van der Waals surface area contributed by atoms with E-state index in [9.17, 15) is 10.1 Å². The summed E-state index contributed by atoms with van der Waals surface area (Å²) >= 11 is 3.20. The van der Waals surface area contributed by atoms with E-state index in [0.29, 0.717) is 16.7 Å². The number of anilines is 1. The van der Waals surface area contributed by atoms with Gasteiger partial charge in [0, 0.05) is 29.1 Å². The summed E-state index contributed by atoms with van der Waals surface area (Å²) in [4.78, 5) is 10.4. The first kappa shape index (κ1) is 13.9. The van der Waals surface area contributed by atoms with E-state index in [2.05, 4.69) is 21.2 Å². The Hall–Kier alpha value is -1.14. The second kappa shape index (κ2) is 5.46. The lowest BCUT2D eigenvalue weighted by molar-refractivity contribution is -0.384. The molecule has 1 aromatic carbocycles. The first-order valence-electron chi connectivity index (χ1n) is 5.14. The fraction of sp³-hybridized carbons (Fsp3) is 0.455. The van der Waals surface area contributed by atoms with Crippen molar-refractivity contribution in [1.82, 2.24) is 0 Å². The van der Waals surface area contributed by atoms with Crippen LogP contribution in [0.3, 0.4) is 0 Å². The number of nitro groups is 1. The highest BCUT2D eigenvalue weighted by molar-refractivity contribution is 9.10. The highest BCUT2D eigenvalue weighted by Gasteiger charge is 2.19. The van der Waals surface area contributed by atoms with Crippen molar-refractivity contribution < 1.29 is 10.0 Å². The van der Waals surface area contributed by atoms with Crippen LogP contribution >= 0.6 is 15.9 Å². The van der Waals surface area contributed by atoms with Gasteiger partial charge in [-0.25, -0.2) is 0 Å². The molecular formula is C11H15BrN2O3. The minimum atomic E-state index is -0.432. The highest BCUT2D eigenvalue weighted by atomic mass is 79.9. The van der Waals surface area contributed by atoms with Gasteiger partial charge in [0.2, 0.25) is 0 Å². The quantitative estimate of drug-likeness (QED) is 0.648. The van der Waals surface area contributed by atoms with Crippen molar-refractivity contribution in [3.63, 3.8) is 0 Å². The molecule has 6 heteroatoms. The Morgan fingerprint density at radius 3 is 2.71 bits per heavy atom. The molecule has 0 aliphatic rings. The van der Waals surface area contributed by atoms with Gasteiger partial charge in [-0.1, -0.05) is 29.8 Å². The van der Waals surface area contributed by atoms with Crippen LogP contribution < -0.4 is 5.32 Å². The standard InChI is InChI=1S/C11H15BrN2O3/c1-11(2,7-15)6-13-9-4-3-8(12)5-10(9)14(16)17/h3-5,13,15H,6-7H2,1-2H3. The van der Waals surface area contributed by atoms with Gasteiger partial charge in [0.05, 0.1) is 4.92 Å². The average molecular weight is 303 g/mol. The number of aliphatic hydroxyl groups is 1. The van der Waals surface area contributed by atoms with Crippen molar-refractivity contribution in [1.29, 1.82) is 0 Å². The van der Waals surface area contributed by atoms with Gasteiger partial charge >= 0.3 is 0 Å². The molecule has 1 aromatic rings. The van der Waals surface area contributed by atoms with E-state index in [0.717, 1.165) is 0 Å². The first-order chi connectivity index (χ1) is 7.85. The first-order valence-corrected chi connectivity index (χ1v) is 5.94. The molecule has 0 saturated carbocycles. The van der Waals surface area contributed by atoms with Crippen LogP contribution in [0.2, 0.25) is 0 Å². The van der Waals surface area contributed by atoms with Gasteiger partial charge < -0.3 is 10.4 Å². The number of halogens is 1. The molecule has 0 atom stereocenters. The molecule has 0 saturated heterocycles. The monoisotopic (exact) mass is 302 g/mol. The topological polar surface area (TPSA) is 75.4 Å². The molecule has 0 heterocycles. The SMILES string of the molecule is CC(C)(CO)CNc1ccc(Br)cc1[N+](=O)[O-]. The van der Waals surface area contributed by atoms with Crippen molar-refractivity contribution in [2.75, 3.05) is 18.5 Å². The van der Waals surface area contributed by atoms with E-state index in [-0.39, 0.29) is 17.7 Å². The zero-order chi connectivity index (χ0) is 13.1. The molecule has 0 fully saturated rings. The van der Waals surface area contributed by atoms with Crippen LogP contribution in [-0.2, 0) is 0 Å². The molecule has 0 aromatic heterocycles. The predicted octanol–water partition coefficient (Wildman–Crippen LogP) is 2.79. The summed E-state index contributed by atoms with van der Waals surface area (Å²) in [5.41, 5.74) is 0.161. The van der Waals surface area contributed by atoms with Crippen LogP contribution in [0.5, 0.6) is 0 Å². The fourth-order valence-electron chi connectivity index (χ4n) is 1.20. The van der Waals surface area contributed by atoms with Gasteiger partial charge in [0.25, 0.3) is 5.69 Å². The summed E-state index contributed by atoms with van der Waals surface area (Å²) in [5, 5.41) is 23.0. The normalized spacial score (nSPS) is 11.3. The number of hydrogen-bond donors (Lipinski definition) is 2. The lowest BCUT2D eigenvalue weighted by Crippen LogP contribution is -2.27. The fourth-order valence-corrected chi connectivity index (χ4v) is 1.54. The summed E-state index contributed by atoms with van der Waals surface area (Å²) in [6, 6.07) is 4.84. The molecule has 0 aliphatic heterocycles. The Kier molecular flexibility index (Phi) is 4.47. The summed E-state index contributed by atoms with van der Waals surface area (Å²) in [6.07, 6.45) is 0. The molecule has 0 bridgehead atoms. The van der Waals surface area contributed by atoms with Gasteiger partial charge in [-0.3, -0.25) is 10.1 Å². The smallest absolute Gasteiger partial charge is 0.293 e. The molecular weight excluding hydrogens is 288 g/mol. The number of nitro benzene ring substituents is 1. The van der Waals surface area contributed by atoms with Gasteiger partial charge in [0.15, 0.2) is 0 Å². The number of nitrogens with zero attached hydrogens (tertiary/aromatic N) is 1. The van der Waals surface area contributed by atoms with E-state index < -0.39 is 4.92 Å². The van der Waals surface area contributed by atoms with Crippen molar-refractivity contribution in [2.45, 2.75) is 13.8 Å². The largest absolute Gasteiger partial charge is 0.396 e. The summed E-state index contributed by atoms with van der Waals surface area (Å²) < 4.78 is 0.663. The van der Waals surface area contributed by atoms with Gasteiger partial charge in [-0.2, -0.15) is 0 Å². The molecule has 2 N–H and O–H groups in total. The molecule has 0 unspecified atom stereocenters. The van der Waals surface area contributed by atoms with Crippen LogP contribution in [0, 0.1) is 15.5 Å². The van der Waals surface area contributed by atoms with E-state index in [1.54, 1.807) is 12.1 Å². The number of rotatable bonds is 5. The Bertz CT molecular complexity index is 421.